The summed E-state index contributed by atoms with van der Waals surface area (Å²) in [5, 5.41) is 0. The lowest BCUT2D eigenvalue weighted by atomic mass is 10.6. The van der Waals surface area contributed by atoms with Gasteiger partial charge in [0.1, 0.15) is 7.06 Å². The van der Waals surface area contributed by atoms with Crippen molar-refractivity contribution >= 4 is 76.6 Å². The molecule has 0 bridgehead atoms. The van der Waals surface area contributed by atoms with Gasteiger partial charge >= 0.3 is 0 Å². The molecule has 0 spiro atoms. The van der Waals surface area contributed by atoms with Crippen molar-refractivity contribution in [2.75, 3.05) is 11.5 Å². The second-order valence-electron chi connectivity index (χ2n) is 2.36. The number of thioether (sulfide) groups is 2. The lowest BCUT2D eigenvalue weighted by Gasteiger charge is -2.02. The molecule has 0 saturated carbocycles. The molecule has 0 heterocycles. The molecule has 0 unspecified atom stereocenters. The van der Waals surface area contributed by atoms with Crippen LogP contribution in [0.1, 0.15) is 26.7 Å². The van der Waals surface area contributed by atoms with Gasteiger partial charge in [-0.1, -0.05) is 38.3 Å². The molecule has 0 aliphatic rings. The number of hydrogen-bond acceptors (Lipinski definition) is 6. The first-order chi connectivity index (χ1) is 6.70. The molecule has 0 aromatic rings. The fourth-order valence-corrected chi connectivity index (χ4v) is 5.25. The van der Waals surface area contributed by atoms with Gasteiger partial charge in [-0.05, 0) is 45.9 Å². The molecule has 6 heteroatoms. The van der Waals surface area contributed by atoms with Crippen LogP contribution in [0.4, 0.5) is 0 Å². The van der Waals surface area contributed by atoms with Gasteiger partial charge in [-0.25, -0.2) is 0 Å². The second-order valence-corrected chi connectivity index (χ2v) is 9.09. The van der Waals surface area contributed by atoms with Gasteiger partial charge in [-0.15, -0.1) is 23.5 Å². The smallest absolute Gasteiger partial charge is 0.107 e. The summed E-state index contributed by atoms with van der Waals surface area (Å²) in [6.07, 6.45) is 2.34. The number of hydrogen-bond donors (Lipinski definition) is 0. The molecule has 0 aromatic carbocycles. The summed E-state index contributed by atoms with van der Waals surface area (Å²) < 4.78 is 1.99. The molecule has 0 rings (SSSR count). The van der Waals surface area contributed by atoms with E-state index in [9.17, 15) is 0 Å². The molecule has 0 N–H and O–H groups in total. The third-order valence-corrected chi connectivity index (χ3v) is 8.01. The summed E-state index contributed by atoms with van der Waals surface area (Å²) in [5.41, 5.74) is 0. The van der Waals surface area contributed by atoms with Crippen LogP contribution in [0.25, 0.3) is 0 Å². The van der Waals surface area contributed by atoms with E-state index in [4.69, 9.17) is 24.4 Å². The number of thiocarbonyl (C=S) groups is 2. The van der Waals surface area contributed by atoms with E-state index in [0.29, 0.717) is 0 Å². The first-order valence-corrected chi connectivity index (χ1v) is 9.32. The van der Waals surface area contributed by atoms with E-state index in [-0.39, 0.29) is 0 Å². The minimum atomic E-state index is 0.997. The molecule has 82 valence electrons. The van der Waals surface area contributed by atoms with Crippen molar-refractivity contribution in [3.63, 3.8) is 0 Å². The van der Waals surface area contributed by atoms with Crippen LogP contribution in [-0.4, -0.2) is 18.6 Å². The highest BCUT2D eigenvalue weighted by Gasteiger charge is 2.03. The van der Waals surface area contributed by atoms with Crippen LogP contribution >= 0.6 is 69.5 Å². The first-order valence-electron chi connectivity index (χ1n) is 4.38. The SMILES string of the molecule is CCCSC(=S)SSC(=S)SCCC. The van der Waals surface area contributed by atoms with Crippen LogP contribution in [0.3, 0.4) is 0 Å². The van der Waals surface area contributed by atoms with E-state index in [1.807, 2.05) is 0 Å². The maximum Gasteiger partial charge on any atom is 0.115 e. The largest absolute Gasteiger partial charge is 0.115 e. The van der Waals surface area contributed by atoms with Gasteiger partial charge in [0.15, 0.2) is 0 Å². The van der Waals surface area contributed by atoms with Gasteiger partial charge in [0.25, 0.3) is 0 Å². The zero-order chi connectivity index (χ0) is 10.8. The Kier molecular flexibility index (Phi) is 12.3. The lowest BCUT2D eigenvalue weighted by molar-refractivity contribution is 1.11. The molecule has 0 amide bonds. The Balaban J connectivity index is 3.41. The summed E-state index contributed by atoms with van der Waals surface area (Å²) in [6, 6.07) is 0. The monoisotopic (exact) mass is 302 g/mol. The molecule has 14 heavy (non-hydrogen) atoms. The van der Waals surface area contributed by atoms with Crippen molar-refractivity contribution in [2.45, 2.75) is 26.7 Å². The van der Waals surface area contributed by atoms with Crippen molar-refractivity contribution in [1.29, 1.82) is 0 Å². The molecule has 0 aliphatic heterocycles. The standard InChI is InChI=1S/C8H14S6/c1-3-5-11-7(9)13-14-8(10)12-6-4-2/h3-6H2,1-2H3. The fourth-order valence-electron chi connectivity index (χ4n) is 0.487. The molecular weight excluding hydrogens is 288 g/mol. The van der Waals surface area contributed by atoms with E-state index < -0.39 is 0 Å². The Morgan fingerprint density at radius 2 is 1.21 bits per heavy atom. The van der Waals surface area contributed by atoms with Crippen LogP contribution < -0.4 is 0 Å². The van der Waals surface area contributed by atoms with Crippen molar-refractivity contribution in [1.82, 2.24) is 0 Å². The lowest BCUT2D eigenvalue weighted by Crippen LogP contribution is -1.84. The van der Waals surface area contributed by atoms with Gasteiger partial charge in [0, 0.05) is 0 Å². The molecule has 0 nitrogen and oxygen atoms in total. The summed E-state index contributed by atoms with van der Waals surface area (Å²) in [7, 11) is 3.25. The molecule has 0 atom stereocenters. The van der Waals surface area contributed by atoms with Crippen LogP contribution in [0, 0.1) is 0 Å². The summed E-state index contributed by atoms with van der Waals surface area (Å²) in [4.78, 5) is 0. The Hall–Kier alpha value is 1.58. The molecule has 0 radical (unpaired) electrons. The zero-order valence-electron chi connectivity index (χ0n) is 8.28. The molecule has 0 aromatic heterocycles. The van der Waals surface area contributed by atoms with Gasteiger partial charge in [0.05, 0.1) is 0 Å². The van der Waals surface area contributed by atoms with Crippen molar-refractivity contribution in [3.8, 4) is 0 Å². The maximum absolute atomic E-state index is 5.19. The molecule has 0 fully saturated rings. The normalized spacial score (nSPS) is 10.1. The Labute approximate surface area is 114 Å². The predicted octanol–water partition coefficient (Wildman–Crippen LogP) is 5.22. The van der Waals surface area contributed by atoms with Crippen LogP contribution in [0.15, 0.2) is 0 Å². The topological polar surface area (TPSA) is 0 Å². The summed E-state index contributed by atoms with van der Waals surface area (Å²) in [6.45, 7) is 4.32. The third kappa shape index (κ3) is 10.1. The van der Waals surface area contributed by atoms with E-state index in [1.165, 1.54) is 12.8 Å². The highest BCUT2D eigenvalue weighted by atomic mass is 33.1. The average Bonchev–Trinajstić information content (AvgIpc) is 2.20. The van der Waals surface area contributed by atoms with Gasteiger partial charge in [-0.2, -0.15) is 0 Å². The Morgan fingerprint density at radius 1 is 0.857 bits per heavy atom. The minimum absolute atomic E-state index is 0.997. The average molecular weight is 303 g/mol. The Morgan fingerprint density at radius 3 is 1.50 bits per heavy atom. The van der Waals surface area contributed by atoms with E-state index in [1.54, 1.807) is 45.1 Å². The predicted molar refractivity (Wildman–Crippen MR) is 85.9 cm³/mol. The first kappa shape index (κ1) is 15.6. The van der Waals surface area contributed by atoms with Crippen molar-refractivity contribution in [2.24, 2.45) is 0 Å². The van der Waals surface area contributed by atoms with Gasteiger partial charge in [0.2, 0.25) is 0 Å². The summed E-state index contributed by atoms with van der Waals surface area (Å²) in [5.74, 6) is 2.22. The quantitative estimate of drug-likeness (QED) is 0.512. The summed E-state index contributed by atoms with van der Waals surface area (Å²) >= 11 is 13.9. The number of rotatable bonds is 4. The zero-order valence-corrected chi connectivity index (χ0v) is 13.2. The fraction of sp³-hybridized carbons (Fsp3) is 0.750. The third-order valence-electron chi connectivity index (χ3n) is 1.03. The highest BCUT2D eigenvalue weighted by Crippen LogP contribution is 2.34. The van der Waals surface area contributed by atoms with Gasteiger partial charge < -0.3 is 0 Å². The van der Waals surface area contributed by atoms with Crippen LogP contribution in [0.2, 0.25) is 0 Å². The van der Waals surface area contributed by atoms with Crippen molar-refractivity contribution in [3.05, 3.63) is 0 Å². The van der Waals surface area contributed by atoms with Crippen LogP contribution in [0.5, 0.6) is 0 Å². The molecular formula is C8H14S6. The Bertz CT molecular complexity index is 159. The van der Waals surface area contributed by atoms with Gasteiger partial charge in [-0.3, -0.25) is 0 Å². The molecule has 0 saturated heterocycles. The molecule has 0 aliphatic carbocycles. The van der Waals surface area contributed by atoms with E-state index >= 15 is 0 Å². The second kappa shape index (κ2) is 11.1. The van der Waals surface area contributed by atoms with E-state index in [0.717, 1.165) is 18.6 Å². The van der Waals surface area contributed by atoms with Crippen molar-refractivity contribution < 1.29 is 0 Å². The van der Waals surface area contributed by atoms with Crippen LogP contribution in [-0.2, 0) is 0 Å². The highest BCUT2D eigenvalue weighted by molar-refractivity contribution is 8.96. The van der Waals surface area contributed by atoms with E-state index in [2.05, 4.69) is 13.8 Å². The minimum Gasteiger partial charge on any atom is -0.107 e. The maximum atomic E-state index is 5.19.